The maximum absolute atomic E-state index is 9.46. The van der Waals surface area contributed by atoms with Crippen LogP contribution in [-0.2, 0) is 0 Å². The number of nitrogens with zero attached hydrogens (tertiary/aromatic N) is 4. The smallest absolute Gasteiger partial charge is 0.163 e. The Balaban J connectivity index is 1.86. The molecule has 0 bridgehead atoms. The molecule has 1 aromatic carbocycles. The Morgan fingerprint density at radius 3 is 2.84 bits per heavy atom. The van der Waals surface area contributed by atoms with Crippen molar-refractivity contribution in [2.75, 3.05) is 18.1 Å². The summed E-state index contributed by atoms with van der Waals surface area (Å²) in [5.41, 5.74) is 1.87. The Morgan fingerprint density at radius 1 is 1.08 bits per heavy atom. The van der Waals surface area contributed by atoms with Crippen molar-refractivity contribution in [1.29, 1.82) is 0 Å². The second-order valence-electron chi connectivity index (χ2n) is 6.48. The lowest BCUT2D eigenvalue weighted by atomic mass is 9.99. The standard InChI is InChI=1S/C20H22N4O/c25-13-10-16-7-3-4-12-24(16)20-17-8-1-2-9-18(17)22-19(23-20)15-6-5-11-21-14-15/h1-2,5-6,8-9,11,14,16,25H,3-4,7,10,12-13H2. The van der Waals surface area contributed by atoms with Gasteiger partial charge in [0.1, 0.15) is 5.82 Å². The van der Waals surface area contributed by atoms with Gasteiger partial charge in [0.25, 0.3) is 0 Å². The Hall–Kier alpha value is -2.53. The fourth-order valence-electron chi connectivity index (χ4n) is 3.63. The van der Waals surface area contributed by atoms with E-state index in [0.29, 0.717) is 11.9 Å². The van der Waals surface area contributed by atoms with Gasteiger partial charge in [-0.2, -0.15) is 0 Å². The first-order valence-electron chi connectivity index (χ1n) is 8.91. The number of hydrogen-bond donors (Lipinski definition) is 1. The lowest BCUT2D eigenvalue weighted by Crippen LogP contribution is -2.40. The first-order valence-corrected chi connectivity index (χ1v) is 8.91. The topological polar surface area (TPSA) is 62.1 Å². The lowest BCUT2D eigenvalue weighted by molar-refractivity contribution is 0.262. The maximum Gasteiger partial charge on any atom is 0.163 e. The highest BCUT2D eigenvalue weighted by molar-refractivity contribution is 5.91. The zero-order chi connectivity index (χ0) is 17.1. The van der Waals surface area contributed by atoms with Crippen LogP contribution < -0.4 is 4.90 Å². The van der Waals surface area contributed by atoms with Crippen molar-refractivity contribution in [3.63, 3.8) is 0 Å². The maximum atomic E-state index is 9.46. The van der Waals surface area contributed by atoms with Gasteiger partial charge in [0.15, 0.2) is 5.82 Å². The summed E-state index contributed by atoms with van der Waals surface area (Å²) in [7, 11) is 0. The summed E-state index contributed by atoms with van der Waals surface area (Å²) < 4.78 is 0. The minimum Gasteiger partial charge on any atom is -0.396 e. The van der Waals surface area contributed by atoms with Crippen LogP contribution in [-0.4, -0.2) is 39.3 Å². The van der Waals surface area contributed by atoms with Crippen LogP contribution in [0, 0.1) is 0 Å². The normalized spacial score (nSPS) is 17.8. The second-order valence-corrected chi connectivity index (χ2v) is 6.48. The molecule has 0 radical (unpaired) electrons. The average Bonchev–Trinajstić information content (AvgIpc) is 2.68. The van der Waals surface area contributed by atoms with E-state index in [2.05, 4.69) is 16.0 Å². The molecule has 5 nitrogen and oxygen atoms in total. The van der Waals surface area contributed by atoms with Crippen molar-refractivity contribution in [3.8, 4) is 11.4 Å². The highest BCUT2D eigenvalue weighted by atomic mass is 16.3. The number of aliphatic hydroxyl groups is 1. The Kier molecular flexibility index (Phi) is 4.57. The molecular weight excluding hydrogens is 312 g/mol. The summed E-state index contributed by atoms with van der Waals surface area (Å²) in [6.07, 6.45) is 7.80. The molecule has 3 aromatic rings. The van der Waals surface area contributed by atoms with Crippen molar-refractivity contribution >= 4 is 16.7 Å². The number of benzene rings is 1. The van der Waals surface area contributed by atoms with Crippen molar-refractivity contribution < 1.29 is 5.11 Å². The average molecular weight is 334 g/mol. The first-order chi connectivity index (χ1) is 12.4. The number of hydrogen-bond acceptors (Lipinski definition) is 5. The van der Waals surface area contributed by atoms with Crippen molar-refractivity contribution in [2.45, 2.75) is 31.7 Å². The first kappa shape index (κ1) is 16.0. The summed E-state index contributed by atoms with van der Waals surface area (Å²) in [4.78, 5) is 16.2. The van der Waals surface area contributed by atoms with Gasteiger partial charge in [-0.3, -0.25) is 4.98 Å². The second kappa shape index (κ2) is 7.15. The van der Waals surface area contributed by atoms with E-state index in [1.165, 1.54) is 6.42 Å². The van der Waals surface area contributed by atoms with Crippen LogP contribution in [0.25, 0.3) is 22.3 Å². The van der Waals surface area contributed by atoms with Gasteiger partial charge in [-0.15, -0.1) is 0 Å². The number of rotatable bonds is 4. The molecule has 2 aromatic heterocycles. The highest BCUT2D eigenvalue weighted by Crippen LogP contribution is 2.32. The van der Waals surface area contributed by atoms with E-state index in [9.17, 15) is 5.11 Å². The number of fused-ring (bicyclic) bond motifs is 1. The molecule has 0 spiro atoms. The van der Waals surface area contributed by atoms with E-state index >= 15 is 0 Å². The van der Waals surface area contributed by atoms with Gasteiger partial charge in [-0.1, -0.05) is 12.1 Å². The number of aliphatic hydroxyl groups excluding tert-OH is 1. The molecule has 3 heterocycles. The molecule has 1 atom stereocenters. The molecule has 0 saturated carbocycles. The quantitative estimate of drug-likeness (QED) is 0.792. The molecule has 1 unspecified atom stereocenters. The third-order valence-corrected chi connectivity index (χ3v) is 4.86. The molecule has 1 aliphatic heterocycles. The lowest BCUT2D eigenvalue weighted by Gasteiger charge is -2.37. The van der Waals surface area contributed by atoms with E-state index in [1.54, 1.807) is 12.4 Å². The molecule has 4 rings (SSSR count). The van der Waals surface area contributed by atoms with E-state index in [4.69, 9.17) is 9.97 Å². The Bertz CT molecular complexity index is 851. The fourth-order valence-corrected chi connectivity index (χ4v) is 3.63. The Labute approximate surface area is 147 Å². The minimum absolute atomic E-state index is 0.208. The van der Waals surface area contributed by atoms with Crippen LogP contribution >= 0.6 is 0 Å². The largest absolute Gasteiger partial charge is 0.396 e. The summed E-state index contributed by atoms with van der Waals surface area (Å²) in [5, 5.41) is 10.5. The monoisotopic (exact) mass is 334 g/mol. The highest BCUT2D eigenvalue weighted by Gasteiger charge is 2.25. The zero-order valence-electron chi connectivity index (χ0n) is 14.2. The van der Waals surface area contributed by atoms with E-state index in [1.807, 2.05) is 30.3 Å². The van der Waals surface area contributed by atoms with Crippen LogP contribution in [0.3, 0.4) is 0 Å². The molecule has 0 aliphatic carbocycles. The van der Waals surface area contributed by atoms with E-state index < -0.39 is 0 Å². The van der Waals surface area contributed by atoms with Crippen molar-refractivity contribution in [1.82, 2.24) is 15.0 Å². The number of piperidine rings is 1. The molecular formula is C20H22N4O. The van der Waals surface area contributed by atoms with E-state index in [0.717, 1.165) is 48.1 Å². The molecule has 0 amide bonds. The van der Waals surface area contributed by atoms with Gasteiger partial charge >= 0.3 is 0 Å². The summed E-state index contributed by atoms with van der Waals surface area (Å²) in [6.45, 7) is 1.18. The molecule has 1 fully saturated rings. The van der Waals surface area contributed by atoms with Crippen LogP contribution in [0.5, 0.6) is 0 Å². The summed E-state index contributed by atoms with van der Waals surface area (Å²) >= 11 is 0. The van der Waals surface area contributed by atoms with Crippen molar-refractivity contribution in [2.24, 2.45) is 0 Å². The number of anilines is 1. The van der Waals surface area contributed by atoms with Crippen LogP contribution in [0.2, 0.25) is 0 Å². The SMILES string of the molecule is OCCC1CCCCN1c1nc(-c2cccnc2)nc2ccccc12. The fraction of sp³-hybridized carbons (Fsp3) is 0.350. The van der Waals surface area contributed by atoms with Crippen molar-refractivity contribution in [3.05, 3.63) is 48.8 Å². The third-order valence-electron chi connectivity index (χ3n) is 4.86. The Morgan fingerprint density at radius 2 is 2.00 bits per heavy atom. The summed E-state index contributed by atoms with van der Waals surface area (Å²) in [5.74, 6) is 1.68. The third kappa shape index (κ3) is 3.20. The molecule has 128 valence electrons. The van der Waals surface area contributed by atoms with Gasteiger partial charge in [0.2, 0.25) is 0 Å². The van der Waals surface area contributed by atoms with Gasteiger partial charge < -0.3 is 10.0 Å². The van der Waals surface area contributed by atoms with Gasteiger partial charge in [0.05, 0.1) is 5.52 Å². The van der Waals surface area contributed by atoms with Crippen LogP contribution in [0.4, 0.5) is 5.82 Å². The minimum atomic E-state index is 0.208. The molecule has 1 aliphatic rings. The van der Waals surface area contributed by atoms with E-state index in [-0.39, 0.29) is 6.61 Å². The zero-order valence-corrected chi connectivity index (χ0v) is 14.2. The number of para-hydroxylation sites is 1. The van der Waals surface area contributed by atoms with Crippen LogP contribution in [0.15, 0.2) is 48.8 Å². The predicted molar refractivity (Wildman–Crippen MR) is 99.5 cm³/mol. The van der Waals surface area contributed by atoms with Gasteiger partial charge in [-0.05, 0) is 49.9 Å². The van der Waals surface area contributed by atoms with Gasteiger partial charge in [-0.25, -0.2) is 9.97 Å². The van der Waals surface area contributed by atoms with Crippen LogP contribution in [0.1, 0.15) is 25.7 Å². The number of aromatic nitrogens is 3. The molecule has 5 heteroatoms. The molecule has 1 N–H and O–H groups in total. The van der Waals surface area contributed by atoms with Gasteiger partial charge in [0, 0.05) is 42.5 Å². The molecule has 1 saturated heterocycles. The predicted octanol–water partition coefficient (Wildman–Crippen LogP) is 3.43. The number of pyridine rings is 1. The molecule has 25 heavy (non-hydrogen) atoms. The summed E-state index contributed by atoms with van der Waals surface area (Å²) in [6, 6.07) is 12.4.